The number of carbonyl (C=O) groups is 1. The van der Waals surface area contributed by atoms with Crippen LogP contribution in [0.4, 0.5) is 13.2 Å². The van der Waals surface area contributed by atoms with E-state index in [9.17, 15) is 26.4 Å². The molecule has 2 aromatic rings. The highest BCUT2D eigenvalue weighted by atomic mass is 32.2. The second kappa shape index (κ2) is 9.40. The lowest BCUT2D eigenvalue weighted by atomic mass is 10.1. The van der Waals surface area contributed by atoms with Gasteiger partial charge in [0.2, 0.25) is 15.9 Å². The predicted octanol–water partition coefficient (Wildman–Crippen LogP) is 3.43. The standard InChI is InChI=1S/C20H21F3N2O3S2/c1-14(20-16(22)6-4-7-17(20)23)29-13-19(26)24-9-11-25(12-10-24)30(27,28)18-8-3-2-5-15(18)21/h2-8,14H,9-13H2,1H3. The average molecular weight is 459 g/mol. The van der Waals surface area contributed by atoms with Gasteiger partial charge in [-0.25, -0.2) is 21.6 Å². The second-order valence-electron chi connectivity index (χ2n) is 6.80. The Morgan fingerprint density at radius 2 is 1.53 bits per heavy atom. The maximum Gasteiger partial charge on any atom is 0.246 e. The quantitative estimate of drug-likeness (QED) is 0.666. The Bertz CT molecular complexity index is 1010. The van der Waals surface area contributed by atoms with E-state index < -0.39 is 32.7 Å². The molecule has 0 aliphatic carbocycles. The second-order valence-corrected chi connectivity index (χ2v) is 10.0. The smallest absolute Gasteiger partial charge is 0.246 e. The summed E-state index contributed by atoms with van der Waals surface area (Å²) in [6.45, 7) is 2.04. The van der Waals surface area contributed by atoms with E-state index in [1.54, 1.807) is 6.92 Å². The zero-order valence-electron chi connectivity index (χ0n) is 16.2. The topological polar surface area (TPSA) is 57.7 Å². The van der Waals surface area contributed by atoms with Gasteiger partial charge in [-0.15, -0.1) is 11.8 Å². The van der Waals surface area contributed by atoms with Crippen LogP contribution in [-0.2, 0) is 14.8 Å². The van der Waals surface area contributed by atoms with Crippen LogP contribution in [0.5, 0.6) is 0 Å². The molecule has 1 atom stereocenters. The monoisotopic (exact) mass is 458 g/mol. The number of piperazine rings is 1. The average Bonchev–Trinajstić information content (AvgIpc) is 2.72. The predicted molar refractivity (Wildman–Crippen MR) is 109 cm³/mol. The number of hydrogen-bond donors (Lipinski definition) is 0. The molecule has 1 heterocycles. The SMILES string of the molecule is CC(SCC(=O)N1CCN(S(=O)(=O)c2ccccc2F)CC1)c1c(F)cccc1F. The van der Waals surface area contributed by atoms with Crippen molar-refractivity contribution in [3.8, 4) is 0 Å². The molecule has 10 heteroatoms. The molecule has 1 aliphatic rings. The summed E-state index contributed by atoms with van der Waals surface area (Å²) in [6, 6.07) is 8.79. The molecule has 0 saturated carbocycles. The Morgan fingerprint density at radius 1 is 0.967 bits per heavy atom. The summed E-state index contributed by atoms with van der Waals surface area (Å²) in [4.78, 5) is 13.6. The van der Waals surface area contributed by atoms with E-state index in [1.165, 1.54) is 41.3 Å². The minimum atomic E-state index is -3.98. The number of rotatable bonds is 6. The summed E-state index contributed by atoms with van der Waals surface area (Å²) in [7, 11) is -3.98. The lowest BCUT2D eigenvalue weighted by Crippen LogP contribution is -2.51. The van der Waals surface area contributed by atoms with Gasteiger partial charge in [0.25, 0.3) is 0 Å². The Hall–Kier alpha value is -2.04. The molecule has 2 aromatic carbocycles. The van der Waals surface area contributed by atoms with E-state index in [-0.39, 0.29) is 48.3 Å². The minimum Gasteiger partial charge on any atom is -0.339 e. The highest BCUT2D eigenvalue weighted by molar-refractivity contribution is 8.00. The maximum absolute atomic E-state index is 13.9. The van der Waals surface area contributed by atoms with Gasteiger partial charge in [0.15, 0.2) is 0 Å². The van der Waals surface area contributed by atoms with Crippen molar-refractivity contribution in [3.63, 3.8) is 0 Å². The molecule has 0 spiro atoms. The fraction of sp³-hybridized carbons (Fsp3) is 0.350. The third-order valence-electron chi connectivity index (χ3n) is 4.91. The summed E-state index contributed by atoms with van der Waals surface area (Å²) < 4.78 is 68.0. The normalized spacial score (nSPS) is 16.5. The lowest BCUT2D eigenvalue weighted by Gasteiger charge is -2.34. The number of amides is 1. The zero-order chi connectivity index (χ0) is 21.9. The lowest BCUT2D eigenvalue weighted by molar-refractivity contribution is -0.129. The first-order valence-corrected chi connectivity index (χ1v) is 11.8. The van der Waals surface area contributed by atoms with Crippen LogP contribution >= 0.6 is 11.8 Å². The first-order valence-electron chi connectivity index (χ1n) is 9.29. The van der Waals surface area contributed by atoms with Crippen LogP contribution in [0.15, 0.2) is 47.4 Å². The highest BCUT2D eigenvalue weighted by Gasteiger charge is 2.32. The van der Waals surface area contributed by atoms with Crippen molar-refractivity contribution in [2.75, 3.05) is 31.9 Å². The van der Waals surface area contributed by atoms with Crippen LogP contribution in [0.2, 0.25) is 0 Å². The van der Waals surface area contributed by atoms with Crippen LogP contribution in [0, 0.1) is 17.5 Å². The number of nitrogens with zero attached hydrogens (tertiary/aromatic N) is 2. The highest BCUT2D eigenvalue weighted by Crippen LogP contribution is 2.32. The molecule has 0 bridgehead atoms. The summed E-state index contributed by atoms with van der Waals surface area (Å²) in [6.07, 6.45) is 0. The molecule has 1 saturated heterocycles. The molecule has 0 N–H and O–H groups in total. The van der Waals surface area contributed by atoms with E-state index in [4.69, 9.17) is 0 Å². The van der Waals surface area contributed by atoms with Crippen LogP contribution in [0.25, 0.3) is 0 Å². The number of hydrogen-bond acceptors (Lipinski definition) is 4. The van der Waals surface area contributed by atoms with Gasteiger partial charge in [-0.1, -0.05) is 18.2 Å². The first-order chi connectivity index (χ1) is 14.2. The number of benzene rings is 2. The number of carbonyl (C=O) groups excluding carboxylic acids is 1. The zero-order valence-corrected chi connectivity index (χ0v) is 17.9. The van der Waals surface area contributed by atoms with Crippen molar-refractivity contribution < 1.29 is 26.4 Å². The van der Waals surface area contributed by atoms with Gasteiger partial charge < -0.3 is 4.90 Å². The van der Waals surface area contributed by atoms with Gasteiger partial charge in [0.1, 0.15) is 22.3 Å². The molecule has 0 aromatic heterocycles. The fourth-order valence-corrected chi connectivity index (χ4v) is 5.70. The first kappa shape index (κ1) is 22.6. The molecule has 30 heavy (non-hydrogen) atoms. The molecule has 1 fully saturated rings. The summed E-state index contributed by atoms with van der Waals surface area (Å²) in [5, 5.41) is -0.558. The number of thioether (sulfide) groups is 1. The van der Waals surface area contributed by atoms with Gasteiger partial charge in [-0.2, -0.15) is 4.31 Å². The van der Waals surface area contributed by atoms with Crippen molar-refractivity contribution in [3.05, 3.63) is 65.5 Å². The number of sulfonamides is 1. The Kier molecular flexibility index (Phi) is 7.10. The van der Waals surface area contributed by atoms with Crippen molar-refractivity contribution in [1.82, 2.24) is 9.21 Å². The Labute approximate surface area is 177 Å². The van der Waals surface area contributed by atoms with Crippen molar-refractivity contribution in [1.29, 1.82) is 0 Å². The van der Waals surface area contributed by atoms with Gasteiger partial charge in [-0.05, 0) is 31.2 Å². The molecule has 1 amide bonds. The molecule has 5 nitrogen and oxygen atoms in total. The van der Waals surface area contributed by atoms with E-state index in [1.807, 2.05) is 0 Å². The maximum atomic E-state index is 13.9. The van der Waals surface area contributed by atoms with Crippen LogP contribution in [-0.4, -0.2) is 55.5 Å². The van der Waals surface area contributed by atoms with Crippen molar-refractivity contribution in [2.45, 2.75) is 17.1 Å². The van der Waals surface area contributed by atoms with Crippen molar-refractivity contribution >= 4 is 27.7 Å². The fourth-order valence-electron chi connectivity index (χ4n) is 3.24. The summed E-state index contributed by atoms with van der Waals surface area (Å²) >= 11 is 1.11. The minimum absolute atomic E-state index is 0.00893. The van der Waals surface area contributed by atoms with Crippen LogP contribution in [0.1, 0.15) is 17.7 Å². The van der Waals surface area contributed by atoms with Crippen molar-refractivity contribution in [2.24, 2.45) is 0 Å². The molecule has 1 aliphatic heterocycles. The van der Waals surface area contributed by atoms with Gasteiger partial charge in [-0.3, -0.25) is 4.79 Å². The van der Waals surface area contributed by atoms with Crippen LogP contribution in [0.3, 0.4) is 0 Å². The summed E-state index contributed by atoms with van der Waals surface area (Å²) in [5.41, 5.74) is -0.0731. The molecule has 0 radical (unpaired) electrons. The van der Waals surface area contributed by atoms with E-state index in [0.29, 0.717) is 0 Å². The van der Waals surface area contributed by atoms with E-state index in [2.05, 4.69) is 0 Å². The largest absolute Gasteiger partial charge is 0.339 e. The van der Waals surface area contributed by atoms with E-state index >= 15 is 0 Å². The Balaban J connectivity index is 1.56. The molecule has 3 rings (SSSR count). The third kappa shape index (κ3) is 4.81. The third-order valence-corrected chi connectivity index (χ3v) is 7.99. The van der Waals surface area contributed by atoms with Gasteiger partial charge in [0.05, 0.1) is 5.75 Å². The molecular formula is C20H21F3N2O3S2. The molecule has 162 valence electrons. The van der Waals surface area contributed by atoms with E-state index in [0.717, 1.165) is 22.1 Å². The van der Waals surface area contributed by atoms with Crippen LogP contribution < -0.4 is 0 Å². The molecular weight excluding hydrogens is 437 g/mol. The molecule has 1 unspecified atom stereocenters. The summed E-state index contributed by atoms with van der Waals surface area (Å²) in [5.74, 6) is -2.37. The Morgan fingerprint density at radius 3 is 2.13 bits per heavy atom. The van der Waals surface area contributed by atoms with Gasteiger partial charge >= 0.3 is 0 Å². The van der Waals surface area contributed by atoms with Gasteiger partial charge in [0, 0.05) is 37.0 Å². The number of halogens is 3.